The molecule has 1 aliphatic rings. The van der Waals surface area contributed by atoms with Crippen LogP contribution in [0.4, 0.5) is 0 Å². The third-order valence-electron chi connectivity index (χ3n) is 2.65. The predicted molar refractivity (Wildman–Crippen MR) is 58.1 cm³/mol. The van der Waals surface area contributed by atoms with E-state index in [-0.39, 0.29) is 6.04 Å². The number of fused-ring (bicyclic) bond motifs is 1. The summed E-state index contributed by atoms with van der Waals surface area (Å²) in [6.07, 6.45) is 1.02. The number of aromatic nitrogens is 1. The van der Waals surface area contributed by atoms with E-state index in [4.69, 9.17) is 10.3 Å². The molecule has 2 heterocycles. The molecule has 2 rings (SSSR count). The Kier molecular flexibility index (Phi) is 2.83. The lowest BCUT2D eigenvalue weighted by Crippen LogP contribution is -2.18. The maximum atomic E-state index is 6.06. The average Bonchev–Trinajstić information content (AvgIpc) is 2.60. The number of nitrogens with two attached hydrogens (primary N) is 1. The van der Waals surface area contributed by atoms with E-state index in [1.807, 2.05) is 11.8 Å². The summed E-state index contributed by atoms with van der Waals surface area (Å²) in [4.78, 5) is 0. The Balaban J connectivity index is 2.30. The number of thioether (sulfide) groups is 1. The fourth-order valence-electron chi connectivity index (χ4n) is 1.62. The van der Waals surface area contributed by atoms with Gasteiger partial charge in [0, 0.05) is 17.7 Å². The molecule has 0 saturated heterocycles. The predicted octanol–water partition coefficient (Wildman–Crippen LogP) is 2.12. The minimum absolute atomic E-state index is 0.00931. The monoisotopic (exact) mass is 212 g/mol. The summed E-state index contributed by atoms with van der Waals surface area (Å²) < 4.78 is 5.35. The second kappa shape index (κ2) is 3.95. The van der Waals surface area contributed by atoms with Gasteiger partial charge in [-0.25, -0.2) is 0 Å². The number of hydrogen-bond acceptors (Lipinski definition) is 4. The second-order valence-corrected chi connectivity index (χ2v) is 5.15. The number of hydrogen-bond donors (Lipinski definition) is 1. The molecule has 0 amide bonds. The second-order valence-electron chi connectivity index (χ2n) is 4.04. The molecule has 0 fully saturated rings. The van der Waals surface area contributed by atoms with Gasteiger partial charge in [0.1, 0.15) is 0 Å². The van der Waals surface area contributed by atoms with Gasteiger partial charge in [-0.1, -0.05) is 19.0 Å². The third kappa shape index (κ3) is 1.68. The van der Waals surface area contributed by atoms with E-state index in [2.05, 4.69) is 19.0 Å². The molecule has 0 bridgehead atoms. The maximum Gasteiger partial charge on any atom is 0.157 e. The molecule has 0 radical (unpaired) electrons. The number of rotatable bonds is 2. The Morgan fingerprint density at radius 2 is 2.29 bits per heavy atom. The summed E-state index contributed by atoms with van der Waals surface area (Å²) >= 11 is 1.93. The van der Waals surface area contributed by atoms with Gasteiger partial charge in [-0.2, -0.15) is 11.8 Å². The summed E-state index contributed by atoms with van der Waals surface area (Å²) in [5, 5.41) is 4.09. The summed E-state index contributed by atoms with van der Waals surface area (Å²) in [6.45, 7) is 4.21. The first-order chi connectivity index (χ1) is 6.70. The molecule has 78 valence electrons. The maximum absolute atomic E-state index is 6.06. The molecule has 1 aliphatic heterocycles. The first-order valence-corrected chi connectivity index (χ1v) is 6.16. The van der Waals surface area contributed by atoms with E-state index in [0.29, 0.717) is 5.92 Å². The van der Waals surface area contributed by atoms with Gasteiger partial charge in [-0.3, -0.25) is 0 Å². The van der Waals surface area contributed by atoms with E-state index in [1.54, 1.807) is 0 Å². The number of nitrogens with zero attached hydrogens (tertiary/aromatic N) is 1. The largest absolute Gasteiger partial charge is 0.359 e. The van der Waals surface area contributed by atoms with Crippen molar-refractivity contribution in [3.63, 3.8) is 0 Å². The zero-order valence-electron chi connectivity index (χ0n) is 8.62. The molecule has 0 aromatic carbocycles. The Labute approximate surface area is 88.4 Å². The van der Waals surface area contributed by atoms with Gasteiger partial charge in [0.05, 0.1) is 11.7 Å². The molecule has 0 saturated carbocycles. The van der Waals surface area contributed by atoms with Crippen molar-refractivity contribution < 1.29 is 4.52 Å². The summed E-state index contributed by atoms with van der Waals surface area (Å²) in [7, 11) is 0. The Morgan fingerprint density at radius 1 is 1.50 bits per heavy atom. The highest BCUT2D eigenvalue weighted by atomic mass is 32.2. The van der Waals surface area contributed by atoms with Crippen LogP contribution in [0.25, 0.3) is 0 Å². The van der Waals surface area contributed by atoms with Crippen LogP contribution in [0, 0.1) is 5.92 Å². The topological polar surface area (TPSA) is 52.0 Å². The molecule has 1 aromatic heterocycles. The van der Waals surface area contributed by atoms with Crippen molar-refractivity contribution in [1.29, 1.82) is 0 Å². The molecule has 2 N–H and O–H groups in total. The fourth-order valence-corrected chi connectivity index (χ4v) is 2.61. The van der Waals surface area contributed by atoms with E-state index in [0.717, 1.165) is 29.4 Å². The van der Waals surface area contributed by atoms with Gasteiger partial charge in [0.2, 0.25) is 0 Å². The van der Waals surface area contributed by atoms with Crippen LogP contribution >= 0.6 is 11.8 Å². The van der Waals surface area contributed by atoms with Crippen molar-refractivity contribution in [2.24, 2.45) is 11.7 Å². The Morgan fingerprint density at radius 3 is 3.00 bits per heavy atom. The van der Waals surface area contributed by atoms with Gasteiger partial charge in [-0.05, 0) is 11.7 Å². The van der Waals surface area contributed by atoms with Gasteiger partial charge in [0.25, 0.3) is 0 Å². The van der Waals surface area contributed by atoms with Crippen LogP contribution in [0.2, 0.25) is 0 Å². The third-order valence-corrected chi connectivity index (χ3v) is 3.64. The molecule has 0 spiro atoms. The van der Waals surface area contributed by atoms with Crippen molar-refractivity contribution in [3.8, 4) is 0 Å². The standard InChI is InChI=1S/C10H16N2OS/c1-6(2)9(11)10-7-5-14-4-3-8(7)12-13-10/h6,9H,3-5,11H2,1-2H3. The van der Waals surface area contributed by atoms with Crippen molar-refractivity contribution in [2.45, 2.75) is 32.1 Å². The fraction of sp³-hybridized carbons (Fsp3) is 0.700. The van der Waals surface area contributed by atoms with Crippen LogP contribution in [-0.2, 0) is 12.2 Å². The first kappa shape index (κ1) is 10.1. The minimum atomic E-state index is -0.00931. The van der Waals surface area contributed by atoms with Crippen molar-refractivity contribution >= 4 is 11.8 Å². The van der Waals surface area contributed by atoms with Crippen molar-refractivity contribution in [1.82, 2.24) is 5.16 Å². The Bertz CT molecular complexity index is 322. The zero-order chi connectivity index (χ0) is 10.1. The SMILES string of the molecule is CC(C)C(N)c1onc2c1CSCC2. The highest BCUT2D eigenvalue weighted by Gasteiger charge is 2.25. The van der Waals surface area contributed by atoms with E-state index < -0.39 is 0 Å². The highest BCUT2D eigenvalue weighted by molar-refractivity contribution is 7.98. The normalized spacial score (nSPS) is 18.3. The Hall–Kier alpha value is -0.480. The summed E-state index contributed by atoms with van der Waals surface area (Å²) in [5.74, 6) is 3.46. The molecular formula is C10H16N2OS. The molecule has 14 heavy (non-hydrogen) atoms. The van der Waals surface area contributed by atoms with Crippen molar-refractivity contribution in [3.05, 3.63) is 17.0 Å². The van der Waals surface area contributed by atoms with Crippen LogP contribution < -0.4 is 5.73 Å². The number of aryl methyl sites for hydroxylation is 1. The first-order valence-electron chi connectivity index (χ1n) is 5.00. The molecule has 0 aliphatic carbocycles. The van der Waals surface area contributed by atoms with Gasteiger partial charge < -0.3 is 10.3 Å². The quantitative estimate of drug-likeness (QED) is 0.816. The van der Waals surface area contributed by atoms with E-state index in [9.17, 15) is 0 Å². The molecule has 4 heteroatoms. The molecule has 3 nitrogen and oxygen atoms in total. The van der Waals surface area contributed by atoms with Crippen LogP contribution in [0.1, 0.15) is 36.9 Å². The minimum Gasteiger partial charge on any atom is -0.359 e. The lowest BCUT2D eigenvalue weighted by atomic mass is 9.99. The van der Waals surface area contributed by atoms with Crippen LogP contribution in [-0.4, -0.2) is 10.9 Å². The average molecular weight is 212 g/mol. The van der Waals surface area contributed by atoms with Gasteiger partial charge in [-0.15, -0.1) is 0 Å². The lowest BCUT2D eigenvalue weighted by molar-refractivity contribution is 0.328. The van der Waals surface area contributed by atoms with E-state index in [1.165, 1.54) is 5.56 Å². The highest BCUT2D eigenvalue weighted by Crippen LogP contribution is 2.31. The van der Waals surface area contributed by atoms with E-state index >= 15 is 0 Å². The molecule has 1 atom stereocenters. The van der Waals surface area contributed by atoms with Crippen LogP contribution in [0.5, 0.6) is 0 Å². The van der Waals surface area contributed by atoms with Crippen LogP contribution in [0.3, 0.4) is 0 Å². The zero-order valence-corrected chi connectivity index (χ0v) is 9.43. The lowest BCUT2D eigenvalue weighted by Gasteiger charge is -2.15. The smallest absolute Gasteiger partial charge is 0.157 e. The molecule has 1 aromatic rings. The van der Waals surface area contributed by atoms with Crippen molar-refractivity contribution in [2.75, 3.05) is 5.75 Å². The van der Waals surface area contributed by atoms with Crippen LogP contribution in [0.15, 0.2) is 4.52 Å². The summed E-state index contributed by atoms with van der Waals surface area (Å²) in [6, 6.07) is -0.00931. The van der Waals surface area contributed by atoms with Gasteiger partial charge in [0.15, 0.2) is 5.76 Å². The molecule has 1 unspecified atom stereocenters. The molecular weight excluding hydrogens is 196 g/mol. The van der Waals surface area contributed by atoms with Gasteiger partial charge >= 0.3 is 0 Å². The summed E-state index contributed by atoms with van der Waals surface area (Å²) in [5.41, 5.74) is 8.44.